The molecule has 31 heavy (non-hydrogen) atoms. The molecule has 160 valence electrons. The summed E-state index contributed by atoms with van der Waals surface area (Å²) in [6, 6.07) is 13.9. The van der Waals surface area contributed by atoms with E-state index in [9.17, 15) is 14.9 Å². The molecule has 9 nitrogen and oxygen atoms in total. The third-order valence-corrected chi connectivity index (χ3v) is 5.37. The van der Waals surface area contributed by atoms with Crippen molar-refractivity contribution in [2.45, 2.75) is 6.42 Å². The molecule has 0 spiro atoms. The number of carbonyl (C=O) groups excluding carboxylic acids is 1. The van der Waals surface area contributed by atoms with E-state index in [1.807, 2.05) is 39.9 Å². The summed E-state index contributed by atoms with van der Waals surface area (Å²) in [5.74, 6) is 1.62. The average molecular weight is 421 g/mol. The fourth-order valence-corrected chi connectivity index (χ4v) is 3.67. The molecule has 1 aliphatic heterocycles. The number of anilines is 1. The number of hydrogen-bond acceptors (Lipinski definition) is 6. The Bertz CT molecular complexity index is 1070. The maximum Gasteiger partial charge on any atom is 0.269 e. The topological polar surface area (TPSA) is 93.7 Å². The van der Waals surface area contributed by atoms with Gasteiger partial charge < -0.3 is 14.5 Å². The van der Waals surface area contributed by atoms with E-state index in [0.29, 0.717) is 26.2 Å². The van der Waals surface area contributed by atoms with Gasteiger partial charge in [-0.2, -0.15) is 0 Å². The number of aromatic nitrogens is 2. The van der Waals surface area contributed by atoms with Crippen LogP contribution in [-0.2, 0) is 11.2 Å². The van der Waals surface area contributed by atoms with Gasteiger partial charge in [0.15, 0.2) is 0 Å². The highest BCUT2D eigenvalue weighted by Gasteiger charge is 2.24. The molecular weight excluding hydrogens is 398 g/mol. The van der Waals surface area contributed by atoms with E-state index in [1.165, 1.54) is 12.1 Å². The lowest BCUT2D eigenvalue weighted by Gasteiger charge is -2.35. The lowest BCUT2D eigenvalue weighted by Crippen LogP contribution is -2.49. The Balaban J connectivity index is 1.38. The highest BCUT2D eigenvalue weighted by atomic mass is 16.6. The zero-order valence-corrected chi connectivity index (χ0v) is 17.2. The van der Waals surface area contributed by atoms with Crippen LogP contribution in [-0.4, -0.2) is 58.6 Å². The van der Waals surface area contributed by atoms with Crippen molar-refractivity contribution in [1.82, 2.24) is 14.5 Å². The monoisotopic (exact) mass is 421 g/mol. The Morgan fingerprint density at radius 2 is 1.87 bits per heavy atom. The van der Waals surface area contributed by atoms with E-state index < -0.39 is 4.92 Å². The van der Waals surface area contributed by atoms with Gasteiger partial charge in [-0.05, 0) is 17.7 Å². The van der Waals surface area contributed by atoms with Crippen LogP contribution in [0.4, 0.5) is 11.6 Å². The number of methoxy groups -OCH3 is 1. The van der Waals surface area contributed by atoms with Gasteiger partial charge in [0, 0.05) is 56.8 Å². The Labute approximate surface area is 179 Å². The number of non-ortho nitro benzene ring substituents is 1. The number of nitro benzene ring substituents is 1. The van der Waals surface area contributed by atoms with Gasteiger partial charge in [0.05, 0.1) is 24.1 Å². The van der Waals surface area contributed by atoms with Crippen LogP contribution in [0.5, 0.6) is 5.75 Å². The van der Waals surface area contributed by atoms with E-state index in [2.05, 4.69) is 9.88 Å². The average Bonchev–Trinajstić information content (AvgIpc) is 3.29. The molecule has 3 aromatic rings. The van der Waals surface area contributed by atoms with Gasteiger partial charge in [-0.15, -0.1) is 0 Å². The second-order valence-electron chi connectivity index (χ2n) is 7.27. The molecule has 1 aliphatic rings. The SMILES string of the molecule is COc1cccc(-n2ccnc2N2CCN(C(=O)Cc3ccc([N+](=O)[O-])cc3)CC2)c1. The van der Waals surface area contributed by atoms with Crippen molar-refractivity contribution in [3.63, 3.8) is 0 Å². The van der Waals surface area contributed by atoms with E-state index >= 15 is 0 Å². The van der Waals surface area contributed by atoms with Crippen LogP contribution in [0.3, 0.4) is 0 Å². The predicted molar refractivity (Wildman–Crippen MR) is 116 cm³/mol. The molecule has 1 amide bonds. The molecule has 9 heteroatoms. The highest BCUT2D eigenvalue weighted by Crippen LogP contribution is 2.23. The molecule has 4 rings (SSSR count). The van der Waals surface area contributed by atoms with E-state index in [0.717, 1.165) is 22.9 Å². The molecule has 2 heterocycles. The maximum atomic E-state index is 12.7. The molecule has 2 aromatic carbocycles. The summed E-state index contributed by atoms with van der Waals surface area (Å²) in [7, 11) is 1.64. The van der Waals surface area contributed by atoms with Crippen LogP contribution in [0.1, 0.15) is 5.56 Å². The molecule has 0 atom stereocenters. The Hall–Kier alpha value is -3.88. The third-order valence-electron chi connectivity index (χ3n) is 5.37. The van der Waals surface area contributed by atoms with Crippen LogP contribution in [0.2, 0.25) is 0 Å². The maximum absolute atomic E-state index is 12.7. The first-order valence-corrected chi connectivity index (χ1v) is 9.99. The van der Waals surface area contributed by atoms with Crippen molar-refractivity contribution in [2.24, 2.45) is 0 Å². The van der Waals surface area contributed by atoms with Gasteiger partial charge in [-0.3, -0.25) is 19.5 Å². The van der Waals surface area contributed by atoms with Crippen LogP contribution in [0.25, 0.3) is 5.69 Å². The van der Waals surface area contributed by atoms with Crippen LogP contribution >= 0.6 is 0 Å². The zero-order valence-electron chi connectivity index (χ0n) is 17.2. The zero-order chi connectivity index (χ0) is 21.8. The van der Waals surface area contributed by atoms with Crippen molar-refractivity contribution < 1.29 is 14.5 Å². The molecule has 0 saturated carbocycles. The smallest absolute Gasteiger partial charge is 0.269 e. The number of ether oxygens (including phenoxy) is 1. The van der Waals surface area contributed by atoms with Crippen molar-refractivity contribution in [2.75, 3.05) is 38.2 Å². The molecule has 1 fully saturated rings. The largest absolute Gasteiger partial charge is 0.497 e. The third kappa shape index (κ3) is 4.50. The second kappa shape index (κ2) is 8.86. The summed E-state index contributed by atoms with van der Waals surface area (Å²) in [5, 5.41) is 10.8. The Morgan fingerprint density at radius 3 is 2.55 bits per heavy atom. The van der Waals surface area contributed by atoms with E-state index in [1.54, 1.807) is 25.4 Å². The summed E-state index contributed by atoms with van der Waals surface area (Å²) in [5.41, 5.74) is 1.76. The number of carbonyl (C=O) groups is 1. The van der Waals surface area contributed by atoms with Crippen molar-refractivity contribution in [1.29, 1.82) is 0 Å². The quantitative estimate of drug-likeness (QED) is 0.449. The summed E-state index contributed by atoms with van der Waals surface area (Å²) in [6.45, 7) is 2.54. The van der Waals surface area contributed by atoms with Crippen LogP contribution in [0.15, 0.2) is 60.9 Å². The molecule has 0 unspecified atom stereocenters. The first kappa shape index (κ1) is 20.4. The normalized spacial score (nSPS) is 13.8. The molecule has 1 saturated heterocycles. The van der Waals surface area contributed by atoms with Gasteiger partial charge in [0.25, 0.3) is 5.69 Å². The number of imidazole rings is 1. The number of nitro groups is 1. The summed E-state index contributed by atoms with van der Waals surface area (Å²) < 4.78 is 7.33. The Kier molecular flexibility index (Phi) is 5.83. The van der Waals surface area contributed by atoms with E-state index in [-0.39, 0.29) is 18.0 Å². The number of benzene rings is 2. The second-order valence-corrected chi connectivity index (χ2v) is 7.27. The minimum Gasteiger partial charge on any atom is -0.497 e. The first-order valence-electron chi connectivity index (χ1n) is 9.99. The summed E-state index contributed by atoms with van der Waals surface area (Å²) >= 11 is 0. The van der Waals surface area contributed by atoms with Crippen molar-refractivity contribution in [3.8, 4) is 11.4 Å². The lowest BCUT2D eigenvalue weighted by molar-refractivity contribution is -0.384. The van der Waals surface area contributed by atoms with Gasteiger partial charge in [-0.25, -0.2) is 4.98 Å². The minimum atomic E-state index is -0.444. The number of nitrogens with zero attached hydrogens (tertiary/aromatic N) is 5. The molecular formula is C22H23N5O4. The molecule has 0 N–H and O–H groups in total. The molecule has 0 aliphatic carbocycles. The van der Waals surface area contributed by atoms with Gasteiger partial charge in [0.2, 0.25) is 11.9 Å². The van der Waals surface area contributed by atoms with Gasteiger partial charge in [-0.1, -0.05) is 18.2 Å². The van der Waals surface area contributed by atoms with Crippen molar-refractivity contribution in [3.05, 3.63) is 76.6 Å². The lowest BCUT2D eigenvalue weighted by atomic mass is 10.1. The van der Waals surface area contributed by atoms with Crippen LogP contribution < -0.4 is 9.64 Å². The molecule has 0 bridgehead atoms. The molecule has 1 aromatic heterocycles. The van der Waals surface area contributed by atoms with Gasteiger partial charge >= 0.3 is 0 Å². The predicted octanol–water partition coefficient (Wildman–Crippen LogP) is 2.68. The summed E-state index contributed by atoms with van der Waals surface area (Å²) in [6.07, 6.45) is 3.91. The first-order chi connectivity index (χ1) is 15.0. The minimum absolute atomic E-state index is 0.0182. The van der Waals surface area contributed by atoms with Crippen LogP contribution in [0, 0.1) is 10.1 Å². The number of rotatable bonds is 6. The van der Waals surface area contributed by atoms with Crippen molar-refractivity contribution >= 4 is 17.5 Å². The fraction of sp³-hybridized carbons (Fsp3) is 0.273. The molecule has 0 radical (unpaired) electrons. The van der Waals surface area contributed by atoms with E-state index in [4.69, 9.17) is 4.74 Å². The number of amides is 1. The summed E-state index contributed by atoms with van der Waals surface area (Å²) in [4.78, 5) is 31.5. The number of hydrogen-bond donors (Lipinski definition) is 0. The van der Waals surface area contributed by atoms with Gasteiger partial charge in [0.1, 0.15) is 5.75 Å². The highest BCUT2D eigenvalue weighted by molar-refractivity contribution is 5.79. The Morgan fingerprint density at radius 1 is 1.13 bits per heavy atom. The number of piperazine rings is 1. The fourth-order valence-electron chi connectivity index (χ4n) is 3.67. The standard InChI is InChI=1S/C22H23N5O4/c1-31-20-4-2-3-19(16-20)26-10-9-23-22(26)25-13-11-24(12-14-25)21(28)15-17-5-7-18(8-6-17)27(29)30/h2-10,16H,11-15H2,1H3.